The van der Waals surface area contributed by atoms with E-state index in [9.17, 15) is 9.59 Å². The lowest BCUT2D eigenvalue weighted by molar-refractivity contribution is -0.122. The zero-order valence-corrected chi connectivity index (χ0v) is 10.2. The van der Waals surface area contributed by atoms with Gasteiger partial charge in [0.1, 0.15) is 11.9 Å². The topological polar surface area (TPSA) is 67.2 Å². The smallest absolute Gasteiger partial charge is 0.242 e. The first-order valence-electron chi connectivity index (χ1n) is 5.59. The van der Waals surface area contributed by atoms with Crippen LogP contribution in [0.3, 0.4) is 0 Å². The molecule has 6 nitrogen and oxygen atoms in total. The van der Waals surface area contributed by atoms with Crippen molar-refractivity contribution in [2.75, 3.05) is 18.0 Å². The van der Waals surface area contributed by atoms with Gasteiger partial charge in [-0.2, -0.15) is 5.10 Å². The molecule has 2 heterocycles. The zero-order chi connectivity index (χ0) is 12.6. The van der Waals surface area contributed by atoms with Crippen LogP contribution in [0.4, 0.5) is 5.82 Å². The van der Waals surface area contributed by atoms with E-state index in [1.807, 2.05) is 11.8 Å². The van der Waals surface area contributed by atoms with Gasteiger partial charge in [0, 0.05) is 20.1 Å². The third-order valence-electron chi connectivity index (χ3n) is 3.13. The quantitative estimate of drug-likeness (QED) is 0.726. The number of anilines is 1. The number of hydrogen-bond acceptors (Lipinski definition) is 4. The second kappa shape index (κ2) is 4.20. The molecule has 92 valence electrons. The van der Waals surface area contributed by atoms with Gasteiger partial charge in [0.05, 0.1) is 11.3 Å². The maximum Gasteiger partial charge on any atom is 0.242 e. The largest absolute Gasteiger partial charge is 0.353 e. The van der Waals surface area contributed by atoms with Crippen molar-refractivity contribution in [1.82, 2.24) is 15.1 Å². The highest BCUT2D eigenvalue weighted by Crippen LogP contribution is 2.24. The van der Waals surface area contributed by atoms with Crippen LogP contribution in [0.15, 0.2) is 0 Å². The molecule has 0 aliphatic carbocycles. The average Bonchev–Trinajstić information content (AvgIpc) is 2.57. The Bertz CT molecular complexity index is 466. The first kappa shape index (κ1) is 11.6. The molecule has 1 aromatic heterocycles. The minimum Gasteiger partial charge on any atom is -0.353 e. The Morgan fingerprint density at radius 3 is 2.88 bits per heavy atom. The van der Waals surface area contributed by atoms with Gasteiger partial charge in [-0.25, -0.2) is 0 Å². The molecular formula is C11H16N4O2. The number of aromatic nitrogens is 2. The molecule has 0 aromatic carbocycles. The number of aldehydes is 1. The van der Waals surface area contributed by atoms with Crippen molar-refractivity contribution < 1.29 is 9.59 Å². The summed E-state index contributed by atoms with van der Waals surface area (Å²) in [4.78, 5) is 24.7. The lowest BCUT2D eigenvalue weighted by atomic mass is 10.1. The molecule has 1 N–H and O–H groups in total. The molecule has 1 saturated heterocycles. The van der Waals surface area contributed by atoms with E-state index in [0.29, 0.717) is 24.3 Å². The van der Waals surface area contributed by atoms with Gasteiger partial charge in [-0.3, -0.25) is 14.3 Å². The predicted molar refractivity (Wildman–Crippen MR) is 63.2 cm³/mol. The summed E-state index contributed by atoms with van der Waals surface area (Å²) in [5, 5.41) is 7.03. The lowest BCUT2D eigenvalue weighted by Gasteiger charge is -2.34. The molecule has 17 heavy (non-hydrogen) atoms. The fourth-order valence-corrected chi connectivity index (χ4v) is 2.21. The first-order valence-corrected chi connectivity index (χ1v) is 5.59. The minimum absolute atomic E-state index is 0.0213. The number of hydrogen-bond donors (Lipinski definition) is 1. The summed E-state index contributed by atoms with van der Waals surface area (Å²) in [6.45, 7) is 4.89. The van der Waals surface area contributed by atoms with E-state index in [1.165, 1.54) is 0 Å². The van der Waals surface area contributed by atoms with Crippen molar-refractivity contribution in [2.45, 2.75) is 19.9 Å². The number of nitrogens with one attached hydrogen (secondary N) is 1. The van der Waals surface area contributed by atoms with Crippen LogP contribution < -0.4 is 10.2 Å². The van der Waals surface area contributed by atoms with Crippen LogP contribution in [-0.2, 0) is 11.8 Å². The van der Waals surface area contributed by atoms with Crippen LogP contribution in [0.1, 0.15) is 23.0 Å². The highest BCUT2D eigenvalue weighted by molar-refractivity contribution is 5.90. The molecule has 6 heteroatoms. The molecule has 1 aromatic rings. The molecule has 1 fully saturated rings. The maximum atomic E-state index is 11.6. The summed E-state index contributed by atoms with van der Waals surface area (Å²) >= 11 is 0. The Morgan fingerprint density at radius 2 is 2.24 bits per heavy atom. The molecule has 0 radical (unpaired) electrons. The summed E-state index contributed by atoms with van der Waals surface area (Å²) in [5.41, 5.74) is 1.25. The highest BCUT2D eigenvalue weighted by atomic mass is 16.2. The van der Waals surface area contributed by atoms with Gasteiger partial charge in [-0.1, -0.05) is 0 Å². The van der Waals surface area contributed by atoms with Crippen LogP contribution >= 0.6 is 0 Å². The lowest BCUT2D eigenvalue weighted by Crippen LogP contribution is -2.54. The van der Waals surface area contributed by atoms with E-state index >= 15 is 0 Å². The van der Waals surface area contributed by atoms with Crippen molar-refractivity contribution in [1.29, 1.82) is 0 Å². The Morgan fingerprint density at radius 1 is 1.53 bits per heavy atom. The fourth-order valence-electron chi connectivity index (χ4n) is 2.21. The van der Waals surface area contributed by atoms with Crippen molar-refractivity contribution in [3.63, 3.8) is 0 Å². The molecule has 0 spiro atoms. The number of amides is 1. The molecule has 0 saturated carbocycles. The first-order chi connectivity index (χ1) is 8.06. The highest BCUT2D eigenvalue weighted by Gasteiger charge is 2.30. The number of carbonyl (C=O) groups excluding carboxylic acids is 2. The van der Waals surface area contributed by atoms with Gasteiger partial charge in [0.15, 0.2) is 6.29 Å². The van der Waals surface area contributed by atoms with Gasteiger partial charge in [0.25, 0.3) is 0 Å². The van der Waals surface area contributed by atoms with E-state index in [1.54, 1.807) is 18.7 Å². The summed E-state index contributed by atoms with van der Waals surface area (Å²) in [5.74, 6) is 0.701. The van der Waals surface area contributed by atoms with E-state index in [0.717, 1.165) is 12.1 Å². The SMILES string of the molecule is Cc1nn(C)c(N2CCNC(=O)C2C)c1C=O. The van der Waals surface area contributed by atoms with E-state index < -0.39 is 0 Å². The number of rotatable bonds is 2. The summed E-state index contributed by atoms with van der Waals surface area (Å²) in [7, 11) is 1.79. The summed E-state index contributed by atoms with van der Waals surface area (Å²) in [6.07, 6.45) is 0.802. The number of nitrogens with zero attached hydrogens (tertiary/aromatic N) is 3. The molecule has 1 amide bonds. The average molecular weight is 236 g/mol. The van der Waals surface area contributed by atoms with Crippen molar-refractivity contribution in [3.05, 3.63) is 11.3 Å². The van der Waals surface area contributed by atoms with Gasteiger partial charge in [-0.05, 0) is 13.8 Å². The standard InChI is InChI=1S/C11H16N4O2/c1-7-9(6-16)11(14(3)13-7)15-5-4-12-10(17)8(15)2/h6,8H,4-5H2,1-3H3,(H,12,17). The Labute approximate surface area is 99.6 Å². The second-order valence-electron chi connectivity index (χ2n) is 4.22. The molecule has 1 aliphatic heterocycles. The summed E-state index contributed by atoms with van der Waals surface area (Å²) < 4.78 is 1.66. The number of carbonyl (C=O) groups is 2. The van der Waals surface area contributed by atoms with Crippen LogP contribution in [0.2, 0.25) is 0 Å². The Balaban J connectivity index is 2.45. The monoisotopic (exact) mass is 236 g/mol. The zero-order valence-electron chi connectivity index (χ0n) is 10.2. The van der Waals surface area contributed by atoms with E-state index in [4.69, 9.17) is 0 Å². The maximum absolute atomic E-state index is 11.6. The van der Waals surface area contributed by atoms with Gasteiger partial charge in [-0.15, -0.1) is 0 Å². The molecule has 1 unspecified atom stereocenters. The van der Waals surface area contributed by atoms with Gasteiger partial charge in [0.2, 0.25) is 5.91 Å². The van der Waals surface area contributed by atoms with Crippen molar-refractivity contribution >= 4 is 18.0 Å². The second-order valence-corrected chi connectivity index (χ2v) is 4.22. The third-order valence-corrected chi connectivity index (χ3v) is 3.13. The molecule has 0 bridgehead atoms. The van der Waals surface area contributed by atoms with Gasteiger partial charge >= 0.3 is 0 Å². The number of aryl methyl sites for hydroxylation is 2. The van der Waals surface area contributed by atoms with Crippen LogP contribution in [-0.4, -0.2) is 41.1 Å². The summed E-state index contributed by atoms with van der Waals surface area (Å²) in [6, 6.07) is -0.280. The predicted octanol–water partition coefficient (Wildman–Crippen LogP) is -0.134. The molecule has 1 atom stereocenters. The van der Waals surface area contributed by atoms with Crippen molar-refractivity contribution in [2.24, 2.45) is 7.05 Å². The fraction of sp³-hybridized carbons (Fsp3) is 0.545. The van der Waals surface area contributed by atoms with E-state index in [2.05, 4.69) is 10.4 Å². The minimum atomic E-state index is -0.280. The molecule has 2 rings (SSSR count). The van der Waals surface area contributed by atoms with Crippen molar-refractivity contribution in [3.8, 4) is 0 Å². The van der Waals surface area contributed by atoms with Crippen LogP contribution in [0.5, 0.6) is 0 Å². The van der Waals surface area contributed by atoms with Crippen LogP contribution in [0, 0.1) is 6.92 Å². The van der Waals surface area contributed by atoms with Crippen LogP contribution in [0.25, 0.3) is 0 Å². The van der Waals surface area contributed by atoms with E-state index in [-0.39, 0.29) is 11.9 Å². The normalized spacial score (nSPS) is 20.3. The number of piperazine rings is 1. The Hall–Kier alpha value is -1.85. The molecule has 1 aliphatic rings. The third kappa shape index (κ3) is 1.79. The Kier molecular flexibility index (Phi) is 2.87. The van der Waals surface area contributed by atoms with Gasteiger partial charge < -0.3 is 10.2 Å². The molecular weight excluding hydrogens is 220 g/mol.